The van der Waals surface area contributed by atoms with E-state index in [1.54, 1.807) is 4.90 Å². The highest BCUT2D eigenvalue weighted by Crippen LogP contribution is 2.21. The van der Waals surface area contributed by atoms with Gasteiger partial charge in [-0.05, 0) is 59.6 Å². The van der Waals surface area contributed by atoms with Crippen molar-refractivity contribution >= 4 is 12.0 Å². The molecule has 2 amide bonds. The number of carbonyl (C=O) groups is 2. The molecule has 0 aliphatic carbocycles. The van der Waals surface area contributed by atoms with Gasteiger partial charge in [0.25, 0.3) is 0 Å². The number of aryl methyl sites for hydroxylation is 1. The van der Waals surface area contributed by atoms with E-state index in [9.17, 15) is 9.59 Å². The number of para-hydroxylation sites is 1. The van der Waals surface area contributed by atoms with Crippen molar-refractivity contribution in [2.24, 2.45) is 5.92 Å². The van der Waals surface area contributed by atoms with Gasteiger partial charge in [0.15, 0.2) is 0 Å². The van der Waals surface area contributed by atoms with Crippen LogP contribution in [0.5, 0.6) is 0 Å². The van der Waals surface area contributed by atoms with Crippen molar-refractivity contribution in [3.63, 3.8) is 0 Å². The van der Waals surface area contributed by atoms with Crippen LogP contribution in [0.4, 0.5) is 4.79 Å². The molecular weight excluding hydrogens is 380 g/mol. The van der Waals surface area contributed by atoms with Crippen LogP contribution in [0.3, 0.4) is 0 Å². The van der Waals surface area contributed by atoms with E-state index in [-0.39, 0.29) is 17.9 Å². The first-order valence-electron chi connectivity index (χ1n) is 10.5. The highest BCUT2D eigenvalue weighted by Gasteiger charge is 2.31. The van der Waals surface area contributed by atoms with Gasteiger partial charge in [0, 0.05) is 30.9 Å². The molecule has 1 saturated heterocycles. The summed E-state index contributed by atoms with van der Waals surface area (Å²) in [6.07, 6.45) is 1.21. The van der Waals surface area contributed by atoms with Gasteiger partial charge in [0.1, 0.15) is 5.60 Å². The molecule has 1 fully saturated rings. The maximum atomic E-state index is 12.8. The third kappa shape index (κ3) is 5.20. The van der Waals surface area contributed by atoms with Crippen LogP contribution in [-0.2, 0) is 16.1 Å². The molecule has 1 unspecified atom stereocenters. The number of hydrogen-bond acceptors (Lipinski definition) is 4. The van der Waals surface area contributed by atoms with Gasteiger partial charge in [-0.2, -0.15) is 5.10 Å². The number of likely N-dealkylation sites (tertiary alicyclic amines) is 1. The number of ether oxygens (including phenoxy) is 1. The van der Waals surface area contributed by atoms with Crippen molar-refractivity contribution in [3.8, 4) is 5.69 Å². The highest BCUT2D eigenvalue weighted by atomic mass is 16.6. The zero-order valence-corrected chi connectivity index (χ0v) is 18.6. The normalized spacial score (nSPS) is 17.0. The summed E-state index contributed by atoms with van der Waals surface area (Å²) in [5.41, 5.74) is 3.39. The lowest BCUT2D eigenvalue weighted by atomic mass is 9.97. The Morgan fingerprint density at radius 3 is 2.57 bits per heavy atom. The van der Waals surface area contributed by atoms with Crippen molar-refractivity contribution in [1.29, 1.82) is 0 Å². The lowest BCUT2D eigenvalue weighted by molar-refractivity contribution is -0.126. The van der Waals surface area contributed by atoms with Crippen LogP contribution in [0.1, 0.15) is 50.6 Å². The molecule has 7 nitrogen and oxygen atoms in total. The van der Waals surface area contributed by atoms with Gasteiger partial charge in [-0.1, -0.05) is 18.2 Å². The standard InChI is InChI=1S/C23H32N4O3/c1-16-20(17(2)27(25-16)19-11-7-6-8-12-19)14-24-21(28)18-10-9-13-26(15-18)22(29)30-23(3,4)5/h6-8,11-12,18H,9-10,13-15H2,1-5H3,(H,24,28). The molecule has 0 bridgehead atoms. The average molecular weight is 413 g/mol. The number of hydrogen-bond donors (Lipinski definition) is 1. The Kier molecular flexibility index (Phi) is 6.48. The molecule has 162 valence electrons. The van der Waals surface area contributed by atoms with Crippen molar-refractivity contribution in [2.45, 2.75) is 59.6 Å². The predicted octanol–water partition coefficient (Wildman–Crippen LogP) is 3.75. The van der Waals surface area contributed by atoms with Gasteiger partial charge in [-0.3, -0.25) is 4.79 Å². The van der Waals surface area contributed by atoms with E-state index < -0.39 is 5.60 Å². The van der Waals surface area contributed by atoms with E-state index in [0.717, 1.165) is 35.5 Å². The average Bonchev–Trinajstić information content (AvgIpc) is 2.99. The van der Waals surface area contributed by atoms with E-state index in [1.807, 2.05) is 69.6 Å². The Labute approximate surface area is 178 Å². The van der Waals surface area contributed by atoms with Gasteiger partial charge in [-0.15, -0.1) is 0 Å². The summed E-state index contributed by atoms with van der Waals surface area (Å²) in [5, 5.41) is 7.69. The number of benzene rings is 1. The molecule has 0 saturated carbocycles. The van der Waals surface area contributed by atoms with E-state index in [0.29, 0.717) is 19.6 Å². The monoisotopic (exact) mass is 412 g/mol. The number of amides is 2. The number of nitrogens with zero attached hydrogens (tertiary/aromatic N) is 3. The molecule has 0 radical (unpaired) electrons. The molecule has 1 aromatic heterocycles. The molecule has 1 aliphatic rings. The second-order valence-electron chi connectivity index (χ2n) is 8.88. The Balaban J connectivity index is 1.62. The van der Waals surface area contributed by atoms with E-state index in [4.69, 9.17) is 4.74 Å². The quantitative estimate of drug-likeness (QED) is 0.830. The third-order valence-electron chi connectivity index (χ3n) is 5.33. The lowest BCUT2D eigenvalue weighted by Gasteiger charge is -2.33. The molecule has 30 heavy (non-hydrogen) atoms. The van der Waals surface area contributed by atoms with E-state index in [2.05, 4.69) is 10.4 Å². The van der Waals surface area contributed by atoms with Crippen LogP contribution >= 0.6 is 0 Å². The molecule has 1 aromatic carbocycles. The fourth-order valence-electron chi connectivity index (χ4n) is 3.75. The Bertz CT molecular complexity index is 899. The maximum absolute atomic E-state index is 12.8. The summed E-state index contributed by atoms with van der Waals surface area (Å²) in [6.45, 7) is 10.9. The minimum Gasteiger partial charge on any atom is -0.444 e. The highest BCUT2D eigenvalue weighted by molar-refractivity contribution is 5.80. The van der Waals surface area contributed by atoms with Crippen molar-refractivity contribution < 1.29 is 14.3 Å². The Morgan fingerprint density at radius 2 is 1.90 bits per heavy atom. The zero-order chi connectivity index (χ0) is 21.9. The van der Waals surface area contributed by atoms with E-state index in [1.165, 1.54) is 0 Å². The minimum atomic E-state index is -0.541. The molecule has 7 heteroatoms. The first-order valence-corrected chi connectivity index (χ1v) is 10.5. The molecule has 1 aliphatic heterocycles. The van der Waals surface area contributed by atoms with Gasteiger partial charge in [0.2, 0.25) is 5.91 Å². The van der Waals surface area contributed by atoms with Gasteiger partial charge in [0.05, 0.1) is 17.3 Å². The van der Waals surface area contributed by atoms with Crippen LogP contribution in [-0.4, -0.2) is 45.4 Å². The topological polar surface area (TPSA) is 76.5 Å². The summed E-state index contributed by atoms with van der Waals surface area (Å²) in [6, 6.07) is 9.95. The zero-order valence-electron chi connectivity index (χ0n) is 18.6. The first-order chi connectivity index (χ1) is 14.2. The lowest BCUT2D eigenvalue weighted by Crippen LogP contribution is -2.46. The van der Waals surface area contributed by atoms with Crippen LogP contribution in [0.2, 0.25) is 0 Å². The summed E-state index contributed by atoms with van der Waals surface area (Å²) in [5.74, 6) is -0.259. The first kappa shape index (κ1) is 21.9. The number of aromatic nitrogens is 2. The second kappa shape index (κ2) is 8.90. The molecule has 0 spiro atoms. The summed E-state index contributed by atoms with van der Waals surface area (Å²) in [7, 11) is 0. The maximum Gasteiger partial charge on any atom is 0.410 e. The van der Waals surface area contributed by atoms with Gasteiger partial charge in [-0.25, -0.2) is 9.48 Å². The summed E-state index contributed by atoms with van der Waals surface area (Å²) < 4.78 is 7.36. The van der Waals surface area contributed by atoms with Crippen LogP contribution in [0.25, 0.3) is 5.69 Å². The van der Waals surface area contributed by atoms with Crippen LogP contribution < -0.4 is 5.32 Å². The van der Waals surface area contributed by atoms with Crippen molar-refractivity contribution in [1.82, 2.24) is 20.0 Å². The number of rotatable bonds is 4. The fourth-order valence-corrected chi connectivity index (χ4v) is 3.75. The molecule has 2 heterocycles. The van der Waals surface area contributed by atoms with Crippen LogP contribution in [0, 0.1) is 19.8 Å². The van der Waals surface area contributed by atoms with Gasteiger partial charge >= 0.3 is 6.09 Å². The summed E-state index contributed by atoms with van der Waals surface area (Å²) in [4.78, 5) is 26.8. The number of carbonyl (C=O) groups excluding carboxylic acids is 2. The molecule has 1 N–H and O–H groups in total. The Morgan fingerprint density at radius 1 is 1.20 bits per heavy atom. The molecule has 3 rings (SSSR count). The van der Waals surface area contributed by atoms with Crippen molar-refractivity contribution in [2.75, 3.05) is 13.1 Å². The fraction of sp³-hybridized carbons (Fsp3) is 0.522. The minimum absolute atomic E-state index is 0.0329. The van der Waals surface area contributed by atoms with Crippen molar-refractivity contribution in [3.05, 3.63) is 47.3 Å². The predicted molar refractivity (Wildman–Crippen MR) is 115 cm³/mol. The molecule has 1 atom stereocenters. The van der Waals surface area contributed by atoms with E-state index >= 15 is 0 Å². The van der Waals surface area contributed by atoms with Crippen LogP contribution in [0.15, 0.2) is 30.3 Å². The second-order valence-corrected chi connectivity index (χ2v) is 8.88. The Hall–Kier alpha value is -2.83. The summed E-state index contributed by atoms with van der Waals surface area (Å²) >= 11 is 0. The van der Waals surface area contributed by atoms with Gasteiger partial charge < -0.3 is 15.0 Å². The third-order valence-corrected chi connectivity index (χ3v) is 5.33. The number of piperidine rings is 1. The molecule has 2 aromatic rings. The molecular formula is C23H32N4O3. The number of nitrogens with one attached hydrogen (secondary N) is 1. The smallest absolute Gasteiger partial charge is 0.410 e. The largest absolute Gasteiger partial charge is 0.444 e. The SMILES string of the molecule is Cc1nn(-c2ccccc2)c(C)c1CNC(=O)C1CCCN(C(=O)OC(C)(C)C)C1.